The number of rotatable bonds is 1. The molecule has 0 N–H and O–H groups in total. The van der Waals surface area contributed by atoms with Crippen LogP contribution in [0, 0.1) is 6.08 Å². The van der Waals surface area contributed by atoms with Crippen LogP contribution in [0.15, 0.2) is 54.8 Å². The first-order valence-corrected chi connectivity index (χ1v) is 6.92. The Kier molecular flexibility index (Phi) is 4.54. The van der Waals surface area contributed by atoms with Crippen LogP contribution in [0.1, 0.15) is 32.0 Å². The molecule has 0 saturated heterocycles. The minimum Gasteiger partial charge on any atom is -0.205 e. The van der Waals surface area contributed by atoms with E-state index in [2.05, 4.69) is 62.2 Å². The summed E-state index contributed by atoms with van der Waals surface area (Å²) in [7, 11) is 0. The van der Waals surface area contributed by atoms with E-state index in [-0.39, 0.29) is 25.5 Å². The van der Waals surface area contributed by atoms with Crippen LogP contribution in [0.4, 0.5) is 0 Å². The topological polar surface area (TPSA) is 12.9 Å². The van der Waals surface area contributed by atoms with Gasteiger partial charge in [-0.25, -0.2) is 4.98 Å². The molecule has 0 spiro atoms. The van der Waals surface area contributed by atoms with Gasteiger partial charge < -0.3 is 0 Å². The average molecular weight is 453 g/mol. The Bertz CT molecular complexity index is 746. The second-order valence-electron chi connectivity index (χ2n) is 6.12. The molecule has 0 bridgehead atoms. The minimum atomic E-state index is 0. The van der Waals surface area contributed by atoms with Gasteiger partial charge in [0.2, 0.25) is 0 Å². The molecule has 1 aliphatic carbocycles. The van der Waals surface area contributed by atoms with Gasteiger partial charge in [0.25, 0.3) is 0 Å². The summed E-state index contributed by atoms with van der Waals surface area (Å²) in [5.41, 5.74) is 3.56. The van der Waals surface area contributed by atoms with Crippen molar-refractivity contribution in [1.29, 1.82) is 0 Å². The van der Waals surface area contributed by atoms with Crippen molar-refractivity contribution in [3.63, 3.8) is 0 Å². The fourth-order valence-corrected chi connectivity index (χ4v) is 2.40. The molecule has 0 aliphatic heterocycles. The van der Waals surface area contributed by atoms with Gasteiger partial charge in [0, 0.05) is 50.6 Å². The summed E-state index contributed by atoms with van der Waals surface area (Å²) in [6.07, 6.45) is 13.1. The quantitative estimate of drug-likeness (QED) is 0.564. The van der Waals surface area contributed by atoms with Crippen molar-refractivity contribution in [3.05, 3.63) is 72.1 Å². The third kappa shape index (κ3) is 3.19. The zero-order chi connectivity index (χ0) is 14.2. The first-order chi connectivity index (χ1) is 9.55. The predicted octanol–water partition coefficient (Wildman–Crippen LogP) is 4.84. The number of aromatic nitrogens is 1. The largest absolute Gasteiger partial charge is 0.205 e. The van der Waals surface area contributed by atoms with E-state index >= 15 is 0 Å². The molecule has 0 atom stereocenters. The van der Waals surface area contributed by atoms with Gasteiger partial charge in [0.15, 0.2) is 11.3 Å². The van der Waals surface area contributed by atoms with Crippen molar-refractivity contribution in [2.75, 3.05) is 0 Å². The zero-order valence-electron chi connectivity index (χ0n) is 12.5. The SMILES string of the molecule is CC(C)(C)c1ccc2c(C3=CC=CC=[C+]3)nccc2c1.[Ir]. The summed E-state index contributed by atoms with van der Waals surface area (Å²) in [4.78, 5) is 4.54. The molecule has 0 unspecified atom stereocenters. The molecule has 1 nitrogen and oxygen atoms in total. The molecule has 1 heterocycles. The monoisotopic (exact) mass is 453 g/mol. The van der Waals surface area contributed by atoms with Crippen LogP contribution >= 0.6 is 0 Å². The summed E-state index contributed by atoms with van der Waals surface area (Å²) < 4.78 is 0. The average Bonchev–Trinajstić information content (AvgIpc) is 2.46. The molecule has 1 radical (unpaired) electrons. The Balaban J connectivity index is 0.00000161. The van der Waals surface area contributed by atoms with Crippen molar-refractivity contribution in [2.45, 2.75) is 26.2 Å². The number of hydrogen-bond donors (Lipinski definition) is 0. The van der Waals surface area contributed by atoms with E-state index in [1.54, 1.807) is 0 Å². The molecule has 1 aliphatic rings. The summed E-state index contributed by atoms with van der Waals surface area (Å²) in [5.74, 6) is 0. The van der Waals surface area contributed by atoms with Crippen LogP contribution in [-0.2, 0) is 25.5 Å². The van der Waals surface area contributed by atoms with Crippen LogP contribution in [0.25, 0.3) is 16.3 Å². The van der Waals surface area contributed by atoms with Gasteiger partial charge in [0.05, 0.1) is 11.5 Å². The van der Waals surface area contributed by atoms with Gasteiger partial charge in [-0.1, -0.05) is 26.8 Å². The maximum Gasteiger partial charge on any atom is 0.174 e. The van der Waals surface area contributed by atoms with Gasteiger partial charge in [-0.05, 0) is 34.6 Å². The van der Waals surface area contributed by atoms with E-state index in [0.29, 0.717) is 0 Å². The van der Waals surface area contributed by atoms with E-state index in [0.717, 1.165) is 11.3 Å². The summed E-state index contributed by atoms with van der Waals surface area (Å²) in [6, 6.07) is 8.73. The molecule has 107 valence electrons. The number of fused-ring (bicyclic) bond motifs is 1. The Morgan fingerprint density at radius 1 is 1.05 bits per heavy atom. The summed E-state index contributed by atoms with van der Waals surface area (Å²) >= 11 is 0. The second kappa shape index (κ2) is 6.03. The third-order valence-electron chi connectivity index (χ3n) is 3.59. The molecule has 3 rings (SSSR count). The standard InChI is InChI=1S/C19H18N.Ir/c1-19(2,3)16-9-10-17-15(13-16)11-12-20-18(17)14-7-5-4-6-8-14;/h4-7,9-13H,1-3H3;/q+1;. The van der Waals surface area contributed by atoms with Crippen molar-refractivity contribution < 1.29 is 20.1 Å². The van der Waals surface area contributed by atoms with Crippen molar-refractivity contribution in [2.24, 2.45) is 0 Å². The molecular weight excluding hydrogens is 434 g/mol. The number of benzene rings is 1. The number of pyridine rings is 1. The zero-order valence-corrected chi connectivity index (χ0v) is 14.9. The Morgan fingerprint density at radius 3 is 2.52 bits per heavy atom. The van der Waals surface area contributed by atoms with E-state index in [4.69, 9.17) is 0 Å². The molecule has 0 fully saturated rings. The molecule has 2 aromatic rings. The van der Waals surface area contributed by atoms with E-state index in [1.165, 1.54) is 16.3 Å². The van der Waals surface area contributed by atoms with Gasteiger partial charge in [0.1, 0.15) is 0 Å². The fourth-order valence-electron chi connectivity index (χ4n) is 2.40. The van der Waals surface area contributed by atoms with Crippen LogP contribution in [0.2, 0.25) is 0 Å². The molecular formula is C19H18IrN+. The predicted molar refractivity (Wildman–Crippen MR) is 85.4 cm³/mol. The molecule has 2 heteroatoms. The molecule has 0 amide bonds. The summed E-state index contributed by atoms with van der Waals surface area (Å²) in [6.45, 7) is 6.71. The second-order valence-corrected chi connectivity index (χ2v) is 6.12. The normalized spacial score (nSPS) is 13.6. The third-order valence-corrected chi connectivity index (χ3v) is 3.59. The maximum atomic E-state index is 4.54. The Hall–Kier alpha value is -1.59. The van der Waals surface area contributed by atoms with Crippen molar-refractivity contribution >= 4 is 16.3 Å². The van der Waals surface area contributed by atoms with Crippen LogP contribution in [0.3, 0.4) is 0 Å². The van der Waals surface area contributed by atoms with Crippen LogP contribution < -0.4 is 0 Å². The maximum absolute atomic E-state index is 4.54. The Labute approximate surface area is 139 Å². The van der Waals surface area contributed by atoms with E-state index in [1.807, 2.05) is 24.4 Å². The van der Waals surface area contributed by atoms with Gasteiger partial charge in [-0.3, -0.25) is 0 Å². The first-order valence-electron chi connectivity index (χ1n) is 6.92. The van der Waals surface area contributed by atoms with Crippen molar-refractivity contribution in [3.8, 4) is 0 Å². The van der Waals surface area contributed by atoms with Crippen LogP contribution in [0.5, 0.6) is 0 Å². The van der Waals surface area contributed by atoms with Crippen molar-refractivity contribution in [1.82, 2.24) is 4.98 Å². The molecule has 1 aromatic heterocycles. The number of allylic oxidation sites excluding steroid dienone is 6. The molecule has 0 saturated carbocycles. The van der Waals surface area contributed by atoms with Gasteiger partial charge in [-0.2, -0.15) is 0 Å². The van der Waals surface area contributed by atoms with Crippen LogP contribution in [-0.4, -0.2) is 4.98 Å². The molecule has 21 heavy (non-hydrogen) atoms. The Morgan fingerprint density at radius 2 is 1.86 bits per heavy atom. The minimum absolute atomic E-state index is 0. The number of hydrogen-bond acceptors (Lipinski definition) is 1. The van der Waals surface area contributed by atoms with E-state index in [9.17, 15) is 0 Å². The van der Waals surface area contributed by atoms with Gasteiger partial charge >= 0.3 is 0 Å². The molecule has 1 aromatic carbocycles. The number of nitrogens with zero attached hydrogens (tertiary/aromatic N) is 1. The first kappa shape index (κ1) is 15.8. The van der Waals surface area contributed by atoms with Gasteiger partial charge in [-0.15, -0.1) is 0 Å². The summed E-state index contributed by atoms with van der Waals surface area (Å²) in [5, 5.41) is 2.42. The smallest absolute Gasteiger partial charge is 0.174 e. The fraction of sp³-hybridized carbons (Fsp3) is 0.211. The van der Waals surface area contributed by atoms with E-state index < -0.39 is 0 Å².